The van der Waals surface area contributed by atoms with Crippen molar-refractivity contribution in [3.63, 3.8) is 0 Å². The zero-order valence-corrected chi connectivity index (χ0v) is 39.4. The maximum absolute atomic E-state index is 13.5. The number of nitrogens with one attached hydrogen (secondary N) is 4. The van der Waals surface area contributed by atoms with Gasteiger partial charge in [0.25, 0.3) is 11.8 Å². The Kier molecular flexibility index (Phi) is 16.7. The van der Waals surface area contributed by atoms with Gasteiger partial charge in [-0.1, -0.05) is 38.3 Å². The number of rotatable bonds is 20. The standard InChI is InChI=1S/C49H73N11O7/c1-3-36-46(51-33-19-28-67-29-20-33)56-47(44(54-36)45(50)63)52-34-13-14-38(40(30-34)66-2)59-22-17-35(18-23-59)58-26-24-57(25-27-58)21-8-6-4-5-7-12-41(61)53-37-11-9-10-32-31-60(49(65)43(32)37)39-15-16-42(62)55-48(39)64/h9-11,13-14,30,33,35,39,41-42,48,53,55,61-62,64H,3-8,12,15-29,31H2,1-2H3,(H2,50,63)(H2,51,52,56). The minimum Gasteiger partial charge on any atom is -0.495 e. The normalized spacial score (nSPS) is 22.7. The van der Waals surface area contributed by atoms with Crippen LogP contribution in [0.3, 0.4) is 0 Å². The molecule has 0 saturated carbocycles. The summed E-state index contributed by atoms with van der Waals surface area (Å²) in [5, 5.41) is 43.9. The SMILES string of the molecule is CCc1nc(C(N)=O)c(Nc2ccc(N3CCC(N4CCN(CCCCCCCC(O)Nc5cccc6c5C(=O)N(C5CCC(O)NC5O)C6)CC4)CC3)c(OC)c2)nc1NC1CCOCC1. The fourth-order valence-corrected chi connectivity index (χ4v) is 10.5. The van der Waals surface area contributed by atoms with Gasteiger partial charge in [-0.25, -0.2) is 9.97 Å². The van der Waals surface area contributed by atoms with E-state index in [1.165, 1.54) is 12.8 Å². The molecule has 1 aromatic heterocycles. The predicted octanol–water partition coefficient (Wildman–Crippen LogP) is 4.18. The molecule has 4 saturated heterocycles. The van der Waals surface area contributed by atoms with E-state index in [-0.39, 0.29) is 17.6 Å². The summed E-state index contributed by atoms with van der Waals surface area (Å²) in [4.78, 5) is 44.8. The highest BCUT2D eigenvalue weighted by Gasteiger charge is 2.40. The number of primary amides is 1. The minimum absolute atomic E-state index is 0.108. The molecule has 3 aromatic rings. The van der Waals surface area contributed by atoms with Crippen molar-refractivity contribution < 1.29 is 34.4 Å². The molecule has 2 amide bonds. The van der Waals surface area contributed by atoms with E-state index in [1.807, 2.05) is 37.3 Å². The lowest BCUT2D eigenvalue weighted by Gasteiger charge is -2.43. The number of piperazine rings is 1. The van der Waals surface area contributed by atoms with Crippen LogP contribution in [0.5, 0.6) is 5.75 Å². The number of aliphatic hydroxyl groups excluding tert-OH is 3. The molecule has 4 fully saturated rings. The molecule has 0 radical (unpaired) electrons. The van der Waals surface area contributed by atoms with Crippen molar-refractivity contribution in [1.82, 2.24) is 30.0 Å². The van der Waals surface area contributed by atoms with E-state index < -0.39 is 30.6 Å². The Morgan fingerprint density at radius 3 is 2.43 bits per heavy atom. The molecule has 4 unspecified atom stereocenters. The van der Waals surface area contributed by atoms with E-state index in [1.54, 1.807) is 12.0 Å². The molecule has 5 aliphatic rings. The van der Waals surface area contributed by atoms with E-state index >= 15 is 0 Å². The molecular formula is C49H73N11O7. The summed E-state index contributed by atoms with van der Waals surface area (Å²) in [6.07, 6.45) is 9.05. The summed E-state index contributed by atoms with van der Waals surface area (Å²) in [5.74, 6) is 0.928. The van der Waals surface area contributed by atoms with E-state index in [0.717, 1.165) is 113 Å². The molecule has 18 nitrogen and oxygen atoms in total. The Hall–Kier alpha value is -4.82. The van der Waals surface area contributed by atoms with Crippen molar-refractivity contribution in [3.8, 4) is 5.75 Å². The number of aromatic nitrogens is 2. The average molecular weight is 928 g/mol. The number of nitrogens with two attached hydrogens (primary N) is 1. The highest BCUT2D eigenvalue weighted by Crippen LogP contribution is 2.36. The number of benzene rings is 2. The van der Waals surface area contributed by atoms with Gasteiger partial charge in [0.15, 0.2) is 17.3 Å². The predicted molar refractivity (Wildman–Crippen MR) is 259 cm³/mol. The molecule has 4 atom stereocenters. The number of nitrogens with zero attached hydrogens (tertiary/aromatic N) is 6. The van der Waals surface area contributed by atoms with Gasteiger partial charge in [0, 0.05) is 88.6 Å². The smallest absolute Gasteiger partial charge is 0.271 e. The first-order valence-electron chi connectivity index (χ1n) is 24.8. The van der Waals surface area contributed by atoms with Gasteiger partial charge in [-0.2, -0.15) is 0 Å². The fourth-order valence-electron chi connectivity index (χ4n) is 10.5. The van der Waals surface area contributed by atoms with Crippen LogP contribution in [0.2, 0.25) is 0 Å². The summed E-state index contributed by atoms with van der Waals surface area (Å²) in [6.45, 7) is 11.2. The van der Waals surface area contributed by atoms with Crippen LogP contribution in [0.1, 0.15) is 116 Å². The van der Waals surface area contributed by atoms with Crippen molar-refractivity contribution in [3.05, 3.63) is 58.9 Å². The summed E-state index contributed by atoms with van der Waals surface area (Å²) in [5.41, 5.74) is 10.4. The number of hydrogen-bond acceptors (Lipinski definition) is 16. The maximum atomic E-state index is 13.5. The number of fused-ring (bicyclic) bond motifs is 1. The van der Waals surface area contributed by atoms with Gasteiger partial charge in [-0.15, -0.1) is 0 Å². The lowest BCUT2D eigenvalue weighted by molar-refractivity contribution is -0.0477. The molecule has 8 rings (SSSR count). The van der Waals surface area contributed by atoms with Gasteiger partial charge < -0.3 is 61.2 Å². The Labute approximate surface area is 395 Å². The fraction of sp³-hybridized carbons (Fsp3) is 0.633. The van der Waals surface area contributed by atoms with Crippen LogP contribution in [-0.2, 0) is 17.7 Å². The summed E-state index contributed by atoms with van der Waals surface area (Å²) in [6, 6.07) is 12.0. The molecule has 5 aliphatic heterocycles. The number of amides is 2. The number of anilines is 5. The second-order valence-electron chi connectivity index (χ2n) is 18.8. The van der Waals surface area contributed by atoms with E-state index in [9.17, 15) is 24.9 Å². The number of carbonyl (C=O) groups is 2. The van der Waals surface area contributed by atoms with Crippen molar-refractivity contribution in [1.29, 1.82) is 0 Å². The van der Waals surface area contributed by atoms with Crippen LogP contribution < -0.4 is 36.6 Å². The Morgan fingerprint density at radius 1 is 0.940 bits per heavy atom. The molecule has 18 heteroatoms. The van der Waals surface area contributed by atoms with Gasteiger partial charge in [-0.05, 0) is 94.5 Å². The quantitative estimate of drug-likeness (QED) is 0.0588. The zero-order valence-electron chi connectivity index (χ0n) is 39.4. The number of ether oxygens (including phenoxy) is 2. The van der Waals surface area contributed by atoms with Crippen LogP contribution in [-0.4, -0.2) is 155 Å². The van der Waals surface area contributed by atoms with Crippen LogP contribution in [0, 0.1) is 0 Å². The second kappa shape index (κ2) is 23.0. The molecule has 0 aliphatic carbocycles. The number of hydrogen-bond donors (Lipinski definition) is 8. The minimum atomic E-state index is -0.987. The first-order valence-corrected chi connectivity index (χ1v) is 24.8. The van der Waals surface area contributed by atoms with Crippen molar-refractivity contribution in [2.45, 2.75) is 134 Å². The van der Waals surface area contributed by atoms with Crippen molar-refractivity contribution in [2.24, 2.45) is 5.73 Å². The first-order chi connectivity index (χ1) is 32.6. The van der Waals surface area contributed by atoms with Crippen molar-refractivity contribution >= 4 is 40.5 Å². The Balaban J connectivity index is 0.721. The molecule has 0 bridgehead atoms. The first kappa shape index (κ1) is 48.6. The van der Waals surface area contributed by atoms with Crippen LogP contribution >= 0.6 is 0 Å². The summed E-state index contributed by atoms with van der Waals surface area (Å²) in [7, 11) is 1.69. The number of piperidine rings is 2. The lowest BCUT2D eigenvalue weighted by Crippen LogP contribution is -2.56. The number of aliphatic hydroxyl groups is 3. The third-order valence-corrected chi connectivity index (χ3v) is 14.4. The molecular weight excluding hydrogens is 855 g/mol. The summed E-state index contributed by atoms with van der Waals surface area (Å²) < 4.78 is 11.4. The third kappa shape index (κ3) is 12.1. The van der Waals surface area contributed by atoms with Crippen LogP contribution in [0.25, 0.3) is 0 Å². The Bertz CT molecular complexity index is 2130. The van der Waals surface area contributed by atoms with Gasteiger partial charge in [0.05, 0.1) is 30.1 Å². The van der Waals surface area contributed by atoms with E-state index in [2.05, 4.69) is 47.0 Å². The van der Waals surface area contributed by atoms with E-state index in [0.29, 0.717) is 80.1 Å². The third-order valence-electron chi connectivity index (χ3n) is 14.4. The average Bonchev–Trinajstić information content (AvgIpc) is 3.67. The molecule has 0 spiro atoms. The summed E-state index contributed by atoms with van der Waals surface area (Å²) >= 11 is 0. The number of carbonyl (C=O) groups excluding carboxylic acids is 2. The molecule has 2 aromatic carbocycles. The van der Waals surface area contributed by atoms with Crippen LogP contribution in [0.4, 0.5) is 28.7 Å². The van der Waals surface area contributed by atoms with Crippen LogP contribution in [0.15, 0.2) is 36.4 Å². The zero-order chi connectivity index (χ0) is 46.9. The Morgan fingerprint density at radius 2 is 1.70 bits per heavy atom. The molecule has 6 heterocycles. The lowest BCUT2D eigenvalue weighted by atomic mass is 10.0. The topological polar surface area (TPSA) is 226 Å². The highest BCUT2D eigenvalue weighted by molar-refractivity contribution is 6.03. The molecule has 67 heavy (non-hydrogen) atoms. The van der Waals surface area contributed by atoms with Gasteiger partial charge in [0.2, 0.25) is 0 Å². The number of aryl methyl sites for hydroxylation is 1. The maximum Gasteiger partial charge on any atom is 0.271 e. The van der Waals surface area contributed by atoms with E-state index in [4.69, 9.17) is 20.2 Å². The number of unbranched alkanes of at least 4 members (excludes halogenated alkanes) is 4. The molecule has 9 N–H and O–H groups in total. The van der Waals surface area contributed by atoms with Gasteiger partial charge in [-0.3, -0.25) is 19.8 Å². The van der Waals surface area contributed by atoms with Gasteiger partial charge in [0.1, 0.15) is 24.4 Å². The van der Waals surface area contributed by atoms with Crippen molar-refractivity contribution in [2.75, 3.05) is 87.0 Å². The highest BCUT2D eigenvalue weighted by atomic mass is 16.5. The monoisotopic (exact) mass is 928 g/mol. The number of methoxy groups -OCH3 is 1. The largest absolute Gasteiger partial charge is 0.495 e. The van der Waals surface area contributed by atoms with Gasteiger partial charge >= 0.3 is 0 Å². The molecule has 366 valence electrons. The second-order valence-corrected chi connectivity index (χ2v) is 18.8.